The van der Waals surface area contributed by atoms with Crippen molar-refractivity contribution in [3.63, 3.8) is 0 Å². The smallest absolute Gasteiger partial charge is 0.234 e. The second kappa shape index (κ2) is 8.01. The van der Waals surface area contributed by atoms with Crippen LogP contribution in [0.5, 0.6) is 0 Å². The van der Waals surface area contributed by atoms with Gasteiger partial charge < -0.3 is 14.8 Å². The monoisotopic (exact) mass is 343 g/mol. The summed E-state index contributed by atoms with van der Waals surface area (Å²) in [5.41, 5.74) is 2.04. The molecule has 1 aliphatic rings. The second-order valence-corrected chi connectivity index (χ2v) is 6.57. The molecule has 1 saturated heterocycles. The van der Waals surface area contributed by atoms with Gasteiger partial charge in [-0.05, 0) is 37.1 Å². The van der Waals surface area contributed by atoms with E-state index in [2.05, 4.69) is 39.1 Å². The molecule has 2 aromatic rings. The standard InChI is InChI=1S/C17H21N5OS/c1-2-9-22-13-18-20-17(22)24-12-16(23)19-14-5-7-15(8-6-14)21-10-3-4-11-21/h2,5-8,13H,1,3-4,9-12H2,(H,19,23). The molecule has 0 spiro atoms. The molecule has 2 heterocycles. The van der Waals surface area contributed by atoms with Crippen LogP contribution in [-0.2, 0) is 11.3 Å². The molecule has 0 atom stereocenters. The van der Waals surface area contributed by atoms with Crippen LogP contribution in [-0.4, -0.2) is 39.5 Å². The third-order valence-corrected chi connectivity index (χ3v) is 4.84. The molecule has 0 radical (unpaired) electrons. The number of hydrogen-bond acceptors (Lipinski definition) is 5. The van der Waals surface area contributed by atoms with Crippen molar-refractivity contribution in [2.45, 2.75) is 24.5 Å². The number of allylic oxidation sites excluding steroid dienone is 1. The quantitative estimate of drug-likeness (QED) is 0.619. The molecule has 6 nitrogen and oxygen atoms in total. The van der Waals surface area contributed by atoms with Crippen molar-refractivity contribution in [3.8, 4) is 0 Å². The molecule has 1 amide bonds. The fourth-order valence-electron chi connectivity index (χ4n) is 2.68. The topological polar surface area (TPSA) is 63.1 Å². The summed E-state index contributed by atoms with van der Waals surface area (Å²) in [6.07, 6.45) is 5.92. The van der Waals surface area contributed by atoms with E-state index >= 15 is 0 Å². The highest BCUT2D eigenvalue weighted by Crippen LogP contribution is 2.22. The Labute approximate surface area is 145 Å². The summed E-state index contributed by atoms with van der Waals surface area (Å²) in [5.74, 6) is 0.242. The first kappa shape index (κ1) is 16.6. The van der Waals surface area contributed by atoms with Crippen molar-refractivity contribution in [2.24, 2.45) is 0 Å². The van der Waals surface area contributed by atoms with E-state index in [1.54, 1.807) is 12.4 Å². The Hall–Kier alpha value is -2.28. The van der Waals surface area contributed by atoms with Gasteiger partial charge in [-0.15, -0.1) is 16.8 Å². The van der Waals surface area contributed by atoms with Crippen LogP contribution < -0.4 is 10.2 Å². The Kier molecular flexibility index (Phi) is 5.53. The van der Waals surface area contributed by atoms with Gasteiger partial charge in [0.1, 0.15) is 6.33 Å². The van der Waals surface area contributed by atoms with E-state index in [1.807, 2.05) is 16.7 Å². The van der Waals surface area contributed by atoms with Gasteiger partial charge in [-0.2, -0.15) is 0 Å². The number of carbonyl (C=O) groups is 1. The fourth-order valence-corrected chi connectivity index (χ4v) is 3.40. The zero-order chi connectivity index (χ0) is 16.8. The highest BCUT2D eigenvalue weighted by molar-refractivity contribution is 7.99. The fraction of sp³-hybridized carbons (Fsp3) is 0.353. The molecule has 1 aromatic heterocycles. The van der Waals surface area contributed by atoms with Crippen molar-refractivity contribution in [2.75, 3.05) is 29.1 Å². The highest BCUT2D eigenvalue weighted by Gasteiger charge is 2.12. The number of aromatic nitrogens is 3. The van der Waals surface area contributed by atoms with Gasteiger partial charge >= 0.3 is 0 Å². The summed E-state index contributed by atoms with van der Waals surface area (Å²) < 4.78 is 1.86. The summed E-state index contributed by atoms with van der Waals surface area (Å²) >= 11 is 1.37. The van der Waals surface area contributed by atoms with Crippen LogP contribution in [0.1, 0.15) is 12.8 Å². The molecule has 3 rings (SSSR count). The van der Waals surface area contributed by atoms with Gasteiger partial charge in [0.2, 0.25) is 5.91 Å². The predicted molar refractivity (Wildman–Crippen MR) is 97.5 cm³/mol. The lowest BCUT2D eigenvalue weighted by Gasteiger charge is -2.17. The molecule has 0 bridgehead atoms. The molecule has 126 valence electrons. The van der Waals surface area contributed by atoms with Gasteiger partial charge in [0.05, 0.1) is 5.75 Å². The van der Waals surface area contributed by atoms with Crippen LogP contribution >= 0.6 is 11.8 Å². The van der Waals surface area contributed by atoms with Crippen molar-refractivity contribution in [1.82, 2.24) is 14.8 Å². The predicted octanol–water partition coefficient (Wildman–Crippen LogP) is 2.80. The van der Waals surface area contributed by atoms with E-state index in [1.165, 1.54) is 30.3 Å². The Morgan fingerprint density at radius 2 is 2.04 bits per heavy atom. The van der Waals surface area contributed by atoms with Crippen molar-refractivity contribution in [1.29, 1.82) is 0 Å². The number of rotatable bonds is 7. The summed E-state index contributed by atoms with van der Waals surface area (Å²) in [6, 6.07) is 8.04. The maximum atomic E-state index is 12.1. The van der Waals surface area contributed by atoms with E-state index in [0.717, 1.165) is 23.9 Å². The number of thioether (sulfide) groups is 1. The lowest BCUT2D eigenvalue weighted by atomic mass is 10.2. The van der Waals surface area contributed by atoms with Gasteiger partial charge in [-0.25, -0.2) is 0 Å². The van der Waals surface area contributed by atoms with Crippen molar-refractivity contribution >= 4 is 29.0 Å². The zero-order valence-electron chi connectivity index (χ0n) is 13.5. The summed E-state index contributed by atoms with van der Waals surface area (Å²) in [7, 11) is 0. The van der Waals surface area contributed by atoms with Crippen LogP contribution in [0.4, 0.5) is 11.4 Å². The highest BCUT2D eigenvalue weighted by atomic mass is 32.2. The van der Waals surface area contributed by atoms with Gasteiger partial charge in [0.15, 0.2) is 5.16 Å². The lowest BCUT2D eigenvalue weighted by molar-refractivity contribution is -0.113. The minimum Gasteiger partial charge on any atom is -0.372 e. The van der Waals surface area contributed by atoms with E-state index in [0.29, 0.717) is 12.3 Å². The maximum Gasteiger partial charge on any atom is 0.234 e. The molecule has 1 aromatic carbocycles. The normalized spacial score (nSPS) is 13.9. The van der Waals surface area contributed by atoms with Crippen LogP contribution in [0.2, 0.25) is 0 Å². The van der Waals surface area contributed by atoms with Crippen LogP contribution in [0.25, 0.3) is 0 Å². The summed E-state index contributed by atoms with van der Waals surface area (Å²) in [4.78, 5) is 14.5. The number of carbonyl (C=O) groups excluding carboxylic acids is 1. The van der Waals surface area contributed by atoms with Gasteiger partial charge in [-0.3, -0.25) is 4.79 Å². The summed E-state index contributed by atoms with van der Waals surface area (Å²) in [5, 5.41) is 11.5. The number of anilines is 2. The molecule has 1 aliphatic heterocycles. The van der Waals surface area contributed by atoms with Crippen molar-refractivity contribution < 1.29 is 4.79 Å². The minimum atomic E-state index is -0.0536. The Bertz CT molecular complexity index is 691. The van der Waals surface area contributed by atoms with Crippen LogP contribution in [0.15, 0.2) is 48.4 Å². The van der Waals surface area contributed by atoms with Crippen molar-refractivity contribution in [3.05, 3.63) is 43.2 Å². The van der Waals surface area contributed by atoms with Crippen LogP contribution in [0, 0.1) is 0 Å². The molecule has 1 fully saturated rings. The molecule has 7 heteroatoms. The molecule has 1 N–H and O–H groups in total. The van der Waals surface area contributed by atoms with Crippen LogP contribution in [0.3, 0.4) is 0 Å². The largest absolute Gasteiger partial charge is 0.372 e. The molecule has 0 aliphatic carbocycles. The minimum absolute atomic E-state index is 0.0536. The number of hydrogen-bond donors (Lipinski definition) is 1. The first-order chi connectivity index (χ1) is 11.8. The molecule has 0 unspecified atom stereocenters. The first-order valence-electron chi connectivity index (χ1n) is 8.02. The van der Waals surface area contributed by atoms with E-state index < -0.39 is 0 Å². The average Bonchev–Trinajstić information content (AvgIpc) is 3.26. The summed E-state index contributed by atoms with van der Waals surface area (Å²) in [6.45, 7) is 6.57. The Morgan fingerprint density at radius 3 is 2.75 bits per heavy atom. The third kappa shape index (κ3) is 4.17. The van der Waals surface area contributed by atoms with E-state index in [9.17, 15) is 4.79 Å². The van der Waals surface area contributed by atoms with Gasteiger partial charge in [0, 0.05) is 31.0 Å². The first-order valence-corrected chi connectivity index (χ1v) is 9.01. The van der Waals surface area contributed by atoms with Gasteiger partial charge in [-0.1, -0.05) is 17.8 Å². The zero-order valence-corrected chi connectivity index (χ0v) is 14.3. The van der Waals surface area contributed by atoms with E-state index in [4.69, 9.17) is 0 Å². The number of nitrogens with zero attached hydrogens (tertiary/aromatic N) is 4. The Morgan fingerprint density at radius 1 is 1.29 bits per heavy atom. The number of amides is 1. The maximum absolute atomic E-state index is 12.1. The molecule has 0 saturated carbocycles. The van der Waals surface area contributed by atoms with Gasteiger partial charge in [0.25, 0.3) is 0 Å². The molecular formula is C17H21N5OS. The lowest BCUT2D eigenvalue weighted by Crippen LogP contribution is -2.18. The van der Waals surface area contributed by atoms with E-state index in [-0.39, 0.29) is 5.91 Å². The number of nitrogens with one attached hydrogen (secondary N) is 1. The molecule has 24 heavy (non-hydrogen) atoms. The SMILES string of the molecule is C=CCn1cnnc1SCC(=O)Nc1ccc(N2CCCC2)cc1. The number of benzene rings is 1. The second-order valence-electron chi connectivity index (χ2n) is 5.63. The molecular weight excluding hydrogens is 322 g/mol. The Balaban J connectivity index is 1.51. The third-order valence-electron chi connectivity index (χ3n) is 3.86. The average molecular weight is 343 g/mol.